The van der Waals surface area contributed by atoms with E-state index in [-0.39, 0.29) is 28.4 Å². The minimum absolute atomic E-state index is 0.0274. The van der Waals surface area contributed by atoms with Crippen molar-refractivity contribution in [2.45, 2.75) is 49.9 Å². The van der Waals surface area contributed by atoms with Gasteiger partial charge in [0.05, 0.1) is 23.1 Å². The van der Waals surface area contributed by atoms with Crippen LogP contribution < -0.4 is 4.74 Å². The molecule has 4 heterocycles. The number of ether oxygens (including phenoxy) is 1. The lowest BCUT2D eigenvalue weighted by molar-refractivity contribution is -0.597. The summed E-state index contributed by atoms with van der Waals surface area (Å²) in [4.78, 5) is 39.8. The van der Waals surface area contributed by atoms with Crippen LogP contribution in [-0.2, 0) is 5.54 Å². The molecule has 198 valence electrons. The Labute approximate surface area is 220 Å². The van der Waals surface area contributed by atoms with Crippen molar-refractivity contribution in [1.82, 2.24) is 24.4 Å². The number of benzene rings is 2. The predicted molar refractivity (Wildman–Crippen MR) is 134 cm³/mol. The molecule has 10 nitrogen and oxygen atoms in total. The molecule has 2 aromatic carbocycles. The molecule has 0 radical (unpaired) electrons. The minimum Gasteiger partial charge on any atom is -0.434 e. The summed E-state index contributed by atoms with van der Waals surface area (Å²) in [6.45, 7) is -3.03. The largest absolute Gasteiger partial charge is 0.434 e. The molecule has 39 heavy (non-hydrogen) atoms. The quantitative estimate of drug-likeness (QED) is 0.266. The normalized spacial score (nSPS) is 20.9. The Kier molecular flexibility index (Phi) is 5.00. The summed E-state index contributed by atoms with van der Waals surface area (Å²) in [6, 6.07) is 9.50. The van der Waals surface area contributed by atoms with Crippen molar-refractivity contribution < 1.29 is 23.2 Å². The molecule has 1 saturated carbocycles. The third kappa shape index (κ3) is 3.30. The standard InChI is InChI=1S/C27H22F2N6O4/c1-33-20-11-19(22-16(24(33)36)4-2-5-21(22)39-26(28)29)34-18-10-14(6-7-17(18)32-23(20)34)15-12-30-25(31-13-15)27(35(37)38)8-3-9-27/h2,4-7,10,12-13,19-20,26H,3,8-9,11H2,1H3/t19-,20-/m1/s1. The molecule has 3 aliphatic rings. The summed E-state index contributed by atoms with van der Waals surface area (Å²) >= 11 is 0. The van der Waals surface area contributed by atoms with E-state index in [0.717, 1.165) is 17.5 Å². The van der Waals surface area contributed by atoms with Crippen molar-refractivity contribution in [3.05, 3.63) is 81.7 Å². The van der Waals surface area contributed by atoms with Gasteiger partial charge in [0.2, 0.25) is 5.82 Å². The number of carbonyl (C=O) groups is 1. The highest BCUT2D eigenvalue weighted by Crippen LogP contribution is 2.50. The van der Waals surface area contributed by atoms with E-state index in [9.17, 15) is 23.7 Å². The van der Waals surface area contributed by atoms with Crippen molar-refractivity contribution >= 4 is 16.9 Å². The Balaban J connectivity index is 1.35. The van der Waals surface area contributed by atoms with Crippen LogP contribution in [0.2, 0.25) is 0 Å². The van der Waals surface area contributed by atoms with Crippen LogP contribution in [0.1, 0.15) is 65.3 Å². The average Bonchev–Trinajstić information content (AvgIpc) is 3.41. The highest BCUT2D eigenvalue weighted by molar-refractivity contribution is 5.98. The Morgan fingerprint density at radius 1 is 1.13 bits per heavy atom. The molecule has 4 aromatic rings. The van der Waals surface area contributed by atoms with Crippen LogP contribution >= 0.6 is 0 Å². The van der Waals surface area contributed by atoms with Crippen molar-refractivity contribution in [2.75, 3.05) is 7.05 Å². The Morgan fingerprint density at radius 2 is 1.90 bits per heavy atom. The molecule has 0 N–H and O–H groups in total. The second-order valence-electron chi connectivity index (χ2n) is 10.3. The van der Waals surface area contributed by atoms with Gasteiger partial charge in [-0.1, -0.05) is 12.1 Å². The van der Waals surface area contributed by atoms with Gasteiger partial charge in [0.15, 0.2) is 0 Å². The topological polar surface area (TPSA) is 116 Å². The van der Waals surface area contributed by atoms with Gasteiger partial charge >= 0.3 is 6.61 Å². The Bertz CT molecular complexity index is 1670. The van der Waals surface area contributed by atoms with Crippen molar-refractivity contribution in [2.24, 2.45) is 0 Å². The smallest absolute Gasteiger partial charge is 0.387 e. The molecule has 1 aliphatic carbocycles. The van der Waals surface area contributed by atoms with Crippen LogP contribution in [0.3, 0.4) is 0 Å². The van der Waals surface area contributed by atoms with Gasteiger partial charge < -0.3 is 14.2 Å². The lowest BCUT2D eigenvalue weighted by Gasteiger charge is -2.31. The molecule has 7 rings (SSSR count). The summed E-state index contributed by atoms with van der Waals surface area (Å²) in [6.07, 6.45) is 5.27. The van der Waals surface area contributed by atoms with E-state index in [1.54, 1.807) is 36.5 Å². The lowest BCUT2D eigenvalue weighted by Crippen LogP contribution is -2.43. The molecular weight excluding hydrogens is 510 g/mol. The number of alkyl halides is 2. The molecular formula is C27H22F2N6O4. The van der Waals surface area contributed by atoms with E-state index in [2.05, 4.69) is 9.97 Å². The number of halogens is 2. The van der Waals surface area contributed by atoms with Crippen LogP contribution in [0.25, 0.3) is 22.2 Å². The first kappa shape index (κ1) is 23.6. The van der Waals surface area contributed by atoms with Crippen LogP contribution in [0.15, 0.2) is 48.8 Å². The predicted octanol–water partition coefficient (Wildman–Crippen LogP) is 4.87. The number of aromatic nitrogens is 4. The highest BCUT2D eigenvalue weighted by atomic mass is 19.3. The van der Waals surface area contributed by atoms with Gasteiger partial charge in [-0.3, -0.25) is 14.9 Å². The molecule has 2 aliphatic heterocycles. The number of fused-ring (bicyclic) bond motifs is 9. The first-order chi connectivity index (χ1) is 18.8. The van der Waals surface area contributed by atoms with Gasteiger partial charge in [0, 0.05) is 60.3 Å². The van der Waals surface area contributed by atoms with Gasteiger partial charge in [0.1, 0.15) is 11.6 Å². The van der Waals surface area contributed by atoms with E-state index in [0.29, 0.717) is 47.3 Å². The highest BCUT2D eigenvalue weighted by Gasteiger charge is 2.53. The van der Waals surface area contributed by atoms with Crippen LogP contribution in [0, 0.1) is 10.1 Å². The monoisotopic (exact) mass is 532 g/mol. The second-order valence-corrected chi connectivity index (χ2v) is 10.3. The second kappa shape index (κ2) is 8.26. The fourth-order valence-electron chi connectivity index (χ4n) is 6.18. The summed E-state index contributed by atoms with van der Waals surface area (Å²) in [5.74, 6) is 0.590. The molecule has 1 fully saturated rings. The zero-order chi connectivity index (χ0) is 27.1. The molecule has 2 bridgehead atoms. The fraction of sp³-hybridized carbons (Fsp3) is 0.333. The maximum absolute atomic E-state index is 13.3. The first-order valence-electron chi connectivity index (χ1n) is 12.6. The number of hydrogen-bond acceptors (Lipinski definition) is 7. The number of nitrogens with zero attached hydrogens (tertiary/aromatic N) is 6. The van der Waals surface area contributed by atoms with E-state index in [1.807, 2.05) is 22.8 Å². The summed E-state index contributed by atoms with van der Waals surface area (Å²) < 4.78 is 33.5. The van der Waals surface area contributed by atoms with Crippen LogP contribution in [-0.4, -0.2) is 48.9 Å². The first-order valence-corrected chi connectivity index (χ1v) is 12.6. The Morgan fingerprint density at radius 3 is 2.56 bits per heavy atom. The van der Waals surface area contributed by atoms with Gasteiger partial charge in [-0.05, 0) is 36.2 Å². The van der Waals surface area contributed by atoms with Crippen molar-refractivity contribution in [3.63, 3.8) is 0 Å². The molecule has 1 amide bonds. The molecule has 2 atom stereocenters. The van der Waals surface area contributed by atoms with E-state index >= 15 is 0 Å². The number of carbonyl (C=O) groups excluding carboxylic acids is 1. The summed E-state index contributed by atoms with van der Waals surface area (Å²) in [7, 11) is 1.69. The van der Waals surface area contributed by atoms with Crippen molar-refractivity contribution in [3.8, 4) is 16.9 Å². The maximum atomic E-state index is 13.3. The number of amides is 1. The summed E-state index contributed by atoms with van der Waals surface area (Å²) in [5.41, 5.74) is 2.45. The lowest BCUT2D eigenvalue weighted by atomic mass is 9.76. The van der Waals surface area contributed by atoms with E-state index < -0.39 is 18.2 Å². The third-order valence-electron chi connectivity index (χ3n) is 8.34. The number of nitro groups is 1. The maximum Gasteiger partial charge on any atom is 0.387 e. The molecule has 12 heteroatoms. The summed E-state index contributed by atoms with van der Waals surface area (Å²) in [5, 5.41) is 11.7. The zero-order valence-electron chi connectivity index (χ0n) is 20.8. The van der Waals surface area contributed by atoms with Crippen LogP contribution in [0.4, 0.5) is 8.78 Å². The van der Waals surface area contributed by atoms with Crippen molar-refractivity contribution in [1.29, 1.82) is 0 Å². The third-order valence-corrected chi connectivity index (χ3v) is 8.34. The fourth-order valence-corrected chi connectivity index (χ4v) is 6.18. The van der Waals surface area contributed by atoms with E-state index in [4.69, 9.17) is 9.72 Å². The number of hydrogen-bond donors (Lipinski definition) is 0. The molecule has 0 unspecified atom stereocenters. The zero-order valence-corrected chi connectivity index (χ0v) is 20.8. The van der Waals surface area contributed by atoms with Gasteiger partial charge in [0.25, 0.3) is 11.4 Å². The molecule has 0 spiro atoms. The SMILES string of the molecule is CN1C(=O)c2cccc(OC(F)F)c2[C@H]2C[C@@H]1c1nc3ccc(-c4cnc(C5([N+](=O)[O-])CCC5)nc4)cc3n12. The average molecular weight is 533 g/mol. The minimum atomic E-state index is -3.03. The number of imidazole rings is 1. The van der Waals surface area contributed by atoms with Gasteiger partial charge in [-0.25, -0.2) is 15.0 Å². The van der Waals surface area contributed by atoms with Gasteiger partial charge in [-0.15, -0.1) is 0 Å². The van der Waals surface area contributed by atoms with Gasteiger partial charge in [-0.2, -0.15) is 8.78 Å². The Hall–Kier alpha value is -4.48. The molecule has 0 saturated heterocycles. The number of rotatable bonds is 5. The molecule has 2 aromatic heterocycles. The van der Waals surface area contributed by atoms with E-state index in [1.165, 1.54) is 6.07 Å². The van der Waals surface area contributed by atoms with Crippen LogP contribution in [0.5, 0.6) is 5.75 Å².